The molecular formula is C10H6FN3O4. The first-order valence-corrected chi connectivity index (χ1v) is 4.70. The van der Waals surface area contributed by atoms with Crippen molar-refractivity contribution in [1.82, 2.24) is 9.55 Å². The maximum Gasteiger partial charge on any atom is 0.356 e. The number of halogens is 1. The molecule has 0 saturated carbocycles. The minimum absolute atomic E-state index is 0.200. The average Bonchev–Trinajstić information content (AvgIpc) is 2.77. The summed E-state index contributed by atoms with van der Waals surface area (Å²) in [7, 11) is 0. The Balaban J connectivity index is 2.42. The van der Waals surface area contributed by atoms with E-state index in [0.717, 1.165) is 12.1 Å². The van der Waals surface area contributed by atoms with E-state index in [2.05, 4.69) is 4.98 Å². The van der Waals surface area contributed by atoms with E-state index in [1.54, 1.807) is 0 Å². The van der Waals surface area contributed by atoms with Crippen LogP contribution in [-0.4, -0.2) is 25.6 Å². The molecule has 1 N–H and O–H groups in total. The van der Waals surface area contributed by atoms with Gasteiger partial charge in [-0.2, -0.15) is 4.39 Å². The summed E-state index contributed by atoms with van der Waals surface area (Å²) >= 11 is 0. The largest absolute Gasteiger partial charge is 0.476 e. The van der Waals surface area contributed by atoms with Gasteiger partial charge in [-0.3, -0.25) is 10.1 Å². The van der Waals surface area contributed by atoms with Crippen molar-refractivity contribution < 1.29 is 19.2 Å². The molecule has 1 heterocycles. The van der Waals surface area contributed by atoms with Crippen molar-refractivity contribution in [2.75, 3.05) is 0 Å². The highest BCUT2D eigenvalue weighted by Crippen LogP contribution is 2.20. The number of nitrogens with zero attached hydrogens (tertiary/aromatic N) is 3. The van der Waals surface area contributed by atoms with E-state index in [4.69, 9.17) is 5.11 Å². The van der Waals surface area contributed by atoms with Crippen molar-refractivity contribution in [3.8, 4) is 5.69 Å². The van der Waals surface area contributed by atoms with Gasteiger partial charge in [-0.05, 0) is 6.07 Å². The summed E-state index contributed by atoms with van der Waals surface area (Å²) in [6.07, 6.45) is 2.37. The number of carboxylic acid groups (broad SMARTS) is 1. The van der Waals surface area contributed by atoms with Crippen LogP contribution in [0.25, 0.3) is 5.69 Å². The van der Waals surface area contributed by atoms with E-state index in [1.165, 1.54) is 23.2 Å². The zero-order valence-electron chi connectivity index (χ0n) is 8.78. The quantitative estimate of drug-likeness (QED) is 0.660. The molecule has 0 aliphatic carbocycles. The van der Waals surface area contributed by atoms with E-state index < -0.39 is 22.4 Å². The first-order valence-electron chi connectivity index (χ1n) is 4.70. The number of aromatic carboxylic acids is 1. The Hall–Kier alpha value is -2.77. The number of carboxylic acids is 1. The van der Waals surface area contributed by atoms with Gasteiger partial charge in [-0.15, -0.1) is 0 Å². The molecular weight excluding hydrogens is 245 g/mol. The number of imidazole rings is 1. The summed E-state index contributed by atoms with van der Waals surface area (Å²) in [4.78, 5) is 23.8. The van der Waals surface area contributed by atoms with Crippen LogP contribution in [0.15, 0.2) is 30.7 Å². The molecule has 0 aliphatic heterocycles. The maximum absolute atomic E-state index is 13.4. The molecule has 0 radical (unpaired) electrons. The first-order chi connectivity index (χ1) is 8.49. The Kier molecular flexibility index (Phi) is 2.76. The second-order valence-corrected chi connectivity index (χ2v) is 3.36. The zero-order valence-corrected chi connectivity index (χ0v) is 8.78. The lowest BCUT2D eigenvalue weighted by molar-refractivity contribution is -0.387. The summed E-state index contributed by atoms with van der Waals surface area (Å²) in [5.41, 5.74) is -0.593. The van der Waals surface area contributed by atoms with Crippen LogP contribution in [0.5, 0.6) is 0 Å². The first kappa shape index (κ1) is 11.7. The van der Waals surface area contributed by atoms with Crippen molar-refractivity contribution in [1.29, 1.82) is 0 Å². The molecule has 2 rings (SSSR count). The third-order valence-electron chi connectivity index (χ3n) is 2.23. The van der Waals surface area contributed by atoms with Crippen LogP contribution in [-0.2, 0) is 0 Å². The fraction of sp³-hybridized carbons (Fsp3) is 0. The normalized spacial score (nSPS) is 10.3. The van der Waals surface area contributed by atoms with Crippen molar-refractivity contribution in [3.05, 3.63) is 52.3 Å². The molecule has 1 aromatic heterocycles. The number of hydrogen-bond acceptors (Lipinski definition) is 4. The topological polar surface area (TPSA) is 98.3 Å². The summed E-state index contributed by atoms with van der Waals surface area (Å²) in [5.74, 6) is -2.21. The molecule has 0 bridgehead atoms. The number of nitro groups is 1. The van der Waals surface area contributed by atoms with E-state index >= 15 is 0 Å². The van der Waals surface area contributed by atoms with Crippen LogP contribution in [0, 0.1) is 15.9 Å². The molecule has 0 spiro atoms. The van der Waals surface area contributed by atoms with E-state index in [0.29, 0.717) is 0 Å². The molecule has 18 heavy (non-hydrogen) atoms. The van der Waals surface area contributed by atoms with E-state index in [-0.39, 0.29) is 11.4 Å². The van der Waals surface area contributed by atoms with Crippen LogP contribution in [0.2, 0.25) is 0 Å². The highest BCUT2D eigenvalue weighted by atomic mass is 19.1. The highest BCUT2D eigenvalue weighted by molar-refractivity contribution is 5.85. The van der Waals surface area contributed by atoms with Gasteiger partial charge in [-0.1, -0.05) is 0 Å². The fourth-order valence-electron chi connectivity index (χ4n) is 1.38. The van der Waals surface area contributed by atoms with Gasteiger partial charge in [0.15, 0.2) is 5.69 Å². The third kappa shape index (κ3) is 2.03. The van der Waals surface area contributed by atoms with Crippen LogP contribution < -0.4 is 0 Å². The minimum Gasteiger partial charge on any atom is -0.476 e. The second kappa shape index (κ2) is 4.24. The summed E-state index contributed by atoms with van der Waals surface area (Å²) < 4.78 is 14.6. The van der Waals surface area contributed by atoms with Gasteiger partial charge in [0.1, 0.15) is 6.33 Å². The van der Waals surface area contributed by atoms with Gasteiger partial charge in [0, 0.05) is 24.0 Å². The molecule has 8 heteroatoms. The van der Waals surface area contributed by atoms with E-state index in [1.807, 2.05) is 0 Å². The average molecular weight is 251 g/mol. The van der Waals surface area contributed by atoms with Gasteiger partial charge < -0.3 is 9.67 Å². The van der Waals surface area contributed by atoms with Crippen LogP contribution in [0.4, 0.5) is 10.1 Å². The number of nitro benzene ring substituents is 1. The molecule has 0 fully saturated rings. The summed E-state index contributed by atoms with van der Waals surface area (Å²) in [5, 5.41) is 19.1. The molecule has 0 aliphatic rings. The van der Waals surface area contributed by atoms with Gasteiger partial charge in [0.25, 0.3) is 0 Å². The number of hydrogen-bond donors (Lipinski definition) is 1. The predicted molar refractivity (Wildman–Crippen MR) is 57.1 cm³/mol. The van der Waals surface area contributed by atoms with Crippen molar-refractivity contribution in [3.63, 3.8) is 0 Å². The maximum atomic E-state index is 13.4. The molecule has 7 nitrogen and oxygen atoms in total. The monoisotopic (exact) mass is 251 g/mol. The van der Waals surface area contributed by atoms with E-state index in [9.17, 15) is 19.3 Å². The smallest absolute Gasteiger partial charge is 0.356 e. The third-order valence-corrected chi connectivity index (χ3v) is 2.23. The lowest BCUT2D eigenvalue weighted by Gasteiger charge is -2.01. The van der Waals surface area contributed by atoms with Gasteiger partial charge in [0.05, 0.1) is 4.92 Å². The fourth-order valence-corrected chi connectivity index (χ4v) is 1.38. The molecule has 92 valence electrons. The van der Waals surface area contributed by atoms with Gasteiger partial charge >= 0.3 is 11.7 Å². The number of rotatable bonds is 3. The lowest BCUT2D eigenvalue weighted by Crippen LogP contribution is -1.97. The number of aromatic nitrogens is 2. The highest BCUT2D eigenvalue weighted by Gasteiger charge is 2.15. The Morgan fingerprint density at radius 1 is 1.50 bits per heavy atom. The Bertz CT molecular complexity index is 638. The van der Waals surface area contributed by atoms with Crippen molar-refractivity contribution in [2.24, 2.45) is 0 Å². The zero-order chi connectivity index (χ0) is 13.3. The van der Waals surface area contributed by atoms with Gasteiger partial charge in [0.2, 0.25) is 5.82 Å². The van der Waals surface area contributed by atoms with Crippen molar-refractivity contribution in [2.45, 2.75) is 0 Å². The van der Waals surface area contributed by atoms with Crippen molar-refractivity contribution >= 4 is 11.7 Å². The number of benzene rings is 1. The Morgan fingerprint density at radius 3 is 2.72 bits per heavy atom. The molecule has 1 aromatic carbocycles. The number of carbonyl (C=O) groups is 1. The minimum atomic E-state index is -1.21. The lowest BCUT2D eigenvalue weighted by atomic mass is 10.2. The Labute approximate surface area is 99.3 Å². The molecule has 0 amide bonds. The van der Waals surface area contributed by atoms with Crippen LogP contribution in [0.1, 0.15) is 10.5 Å². The Morgan fingerprint density at radius 2 is 2.22 bits per heavy atom. The molecule has 0 unspecified atom stereocenters. The van der Waals surface area contributed by atoms with Gasteiger partial charge in [-0.25, -0.2) is 9.78 Å². The standard InChI is InChI=1S/C10H6FN3O4/c11-7-3-6(1-2-9(7)14(17)18)13-4-8(10(15)16)12-5-13/h1-5H,(H,15,16). The van der Waals surface area contributed by atoms with Crippen LogP contribution >= 0.6 is 0 Å². The predicted octanol–water partition coefficient (Wildman–Crippen LogP) is 1.62. The van der Waals surface area contributed by atoms with Crippen LogP contribution in [0.3, 0.4) is 0 Å². The molecule has 2 aromatic rings. The molecule has 0 atom stereocenters. The second-order valence-electron chi connectivity index (χ2n) is 3.36. The summed E-state index contributed by atoms with van der Waals surface area (Å²) in [6.45, 7) is 0. The summed E-state index contributed by atoms with van der Waals surface area (Å²) in [6, 6.07) is 3.24. The SMILES string of the molecule is O=C(O)c1cn(-c2ccc([N+](=O)[O-])c(F)c2)cn1. The molecule has 0 saturated heterocycles.